The number of methoxy groups -OCH3 is 2. The summed E-state index contributed by atoms with van der Waals surface area (Å²) >= 11 is 0. The molecule has 2 aliphatic heterocycles. The molecule has 0 saturated heterocycles. The van der Waals surface area contributed by atoms with Gasteiger partial charge >= 0.3 is 11.4 Å². The largest absolute Gasteiger partial charge is 0.355 e. The van der Waals surface area contributed by atoms with E-state index in [0.29, 0.717) is 5.69 Å². The second-order valence-electron chi connectivity index (χ2n) is 7.65. The summed E-state index contributed by atoms with van der Waals surface area (Å²) in [7, 11) is 3.11. The van der Waals surface area contributed by atoms with E-state index in [1.165, 1.54) is 13.9 Å². The summed E-state index contributed by atoms with van der Waals surface area (Å²) in [5, 5.41) is 0. The average Bonchev–Trinajstić information content (AvgIpc) is 3.11. The van der Waals surface area contributed by atoms with Gasteiger partial charge in [-0.1, -0.05) is 66.7 Å². The Kier molecular flexibility index (Phi) is 3.47. The fourth-order valence-corrected chi connectivity index (χ4v) is 5.30. The van der Waals surface area contributed by atoms with Gasteiger partial charge in [0.05, 0.1) is 5.69 Å². The topological polar surface area (TPSA) is 67.4 Å². The monoisotopic (exact) mass is 413 g/mol. The van der Waals surface area contributed by atoms with Crippen molar-refractivity contribution in [1.29, 1.82) is 0 Å². The molecule has 31 heavy (non-hydrogen) atoms. The number of benzene rings is 3. The van der Waals surface area contributed by atoms with Crippen LogP contribution in [-0.2, 0) is 20.9 Å². The fourth-order valence-electron chi connectivity index (χ4n) is 5.30. The van der Waals surface area contributed by atoms with E-state index >= 15 is 0 Å². The van der Waals surface area contributed by atoms with Crippen molar-refractivity contribution in [3.8, 4) is 5.69 Å². The molecule has 0 spiro atoms. The molecule has 3 heterocycles. The Morgan fingerprint density at radius 3 is 1.29 bits per heavy atom. The minimum Gasteiger partial charge on any atom is -0.349 e. The second kappa shape index (κ2) is 5.94. The van der Waals surface area contributed by atoms with Crippen LogP contribution in [0.2, 0.25) is 0 Å². The molecule has 154 valence electrons. The number of aromatic nitrogens is 3. The second-order valence-corrected chi connectivity index (χ2v) is 7.65. The average molecular weight is 413 g/mol. The summed E-state index contributed by atoms with van der Waals surface area (Å²) in [6.45, 7) is 0. The molecule has 1 aromatic heterocycles. The van der Waals surface area contributed by atoms with Gasteiger partial charge in [-0.3, -0.25) is 0 Å². The maximum Gasteiger partial charge on any atom is 0.355 e. The summed E-state index contributed by atoms with van der Waals surface area (Å²) in [6, 6.07) is 24.1. The van der Waals surface area contributed by atoms with Gasteiger partial charge in [0.25, 0.3) is 0 Å². The van der Waals surface area contributed by atoms with E-state index in [2.05, 4.69) is 0 Å². The Morgan fingerprint density at radius 1 is 0.581 bits per heavy atom. The molecule has 3 aliphatic rings. The molecule has 7 nitrogen and oxygen atoms in total. The molecule has 0 unspecified atom stereocenters. The quantitative estimate of drug-likeness (QED) is 0.517. The zero-order valence-electron chi connectivity index (χ0n) is 17.0. The maximum absolute atomic E-state index is 13.8. The lowest BCUT2D eigenvalue weighted by atomic mass is 9.72. The SMILES string of the molecule is COC12c3ccccc3C(OC)(c3ccccc31)n1c(=O)n(-c3ccccc3)c(=O)n12. The number of hydrogen-bond acceptors (Lipinski definition) is 4. The van der Waals surface area contributed by atoms with Crippen molar-refractivity contribution in [1.82, 2.24) is 13.9 Å². The predicted molar refractivity (Wildman–Crippen MR) is 114 cm³/mol. The Hall–Kier alpha value is -3.68. The van der Waals surface area contributed by atoms with E-state index in [4.69, 9.17) is 9.47 Å². The highest BCUT2D eigenvalue weighted by Gasteiger charge is 2.62. The van der Waals surface area contributed by atoms with E-state index < -0.39 is 22.8 Å². The van der Waals surface area contributed by atoms with Gasteiger partial charge in [0.1, 0.15) is 0 Å². The summed E-state index contributed by atoms with van der Waals surface area (Å²) < 4.78 is 16.3. The third-order valence-corrected chi connectivity index (χ3v) is 6.46. The lowest BCUT2D eigenvalue weighted by molar-refractivity contribution is -0.123. The molecule has 2 bridgehead atoms. The van der Waals surface area contributed by atoms with E-state index in [-0.39, 0.29) is 0 Å². The molecular formula is C24H19N3O4. The van der Waals surface area contributed by atoms with Gasteiger partial charge in [0.15, 0.2) is 0 Å². The predicted octanol–water partition coefficient (Wildman–Crippen LogP) is 2.22. The summed E-state index contributed by atoms with van der Waals surface area (Å²) in [6.07, 6.45) is 0. The van der Waals surface area contributed by atoms with E-state index in [9.17, 15) is 9.59 Å². The van der Waals surface area contributed by atoms with E-state index in [1.54, 1.807) is 38.5 Å². The minimum absolute atomic E-state index is 0.483. The molecule has 0 saturated carbocycles. The van der Waals surface area contributed by atoms with Gasteiger partial charge < -0.3 is 9.47 Å². The molecule has 1 aliphatic carbocycles. The standard InChI is InChI=1S/C24H19N3O4/c1-30-23-17-12-6-8-14-19(17)24(31-2,20-15-9-7-13-18(20)23)27-22(29)25(21(28)26(23)27)16-10-4-3-5-11-16/h3-15H,1-2H3. The number of para-hydroxylation sites is 1. The Balaban J connectivity index is 1.88. The fraction of sp³-hybridized carbons (Fsp3) is 0.167. The Labute approximate surface area is 177 Å². The zero-order valence-corrected chi connectivity index (χ0v) is 17.0. The molecule has 0 fully saturated rings. The van der Waals surface area contributed by atoms with Gasteiger partial charge in [-0.2, -0.15) is 9.36 Å². The summed E-state index contributed by atoms with van der Waals surface area (Å²) in [5.41, 5.74) is -0.0386. The van der Waals surface area contributed by atoms with E-state index in [1.807, 2.05) is 54.6 Å². The Morgan fingerprint density at radius 2 is 0.935 bits per heavy atom. The number of rotatable bonds is 3. The van der Waals surface area contributed by atoms with Crippen molar-refractivity contribution in [2.24, 2.45) is 0 Å². The summed E-state index contributed by atoms with van der Waals surface area (Å²) in [4.78, 5) is 27.7. The molecule has 7 rings (SSSR count). The third kappa shape index (κ3) is 1.83. The lowest BCUT2D eigenvalue weighted by Crippen LogP contribution is -2.64. The first kappa shape index (κ1) is 18.1. The van der Waals surface area contributed by atoms with Crippen molar-refractivity contribution in [2.75, 3.05) is 14.2 Å². The van der Waals surface area contributed by atoms with Crippen LogP contribution in [0, 0.1) is 0 Å². The van der Waals surface area contributed by atoms with Crippen LogP contribution in [0.1, 0.15) is 22.3 Å². The molecule has 7 heteroatoms. The van der Waals surface area contributed by atoms with Crippen molar-refractivity contribution in [3.63, 3.8) is 0 Å². The molecule has 3 aromatic carbocycles. The lowest BCUT2D eigenvalue weighted by Gasteiger charge is -2.53. The minimum atomic E-state index is -1.30. The normalized spacial score (nSPS) is 22.6. The first-order valence-corrected chi connectivity index (χ1v) is 9.96. The number of nitrogens with zero attached hydrogens (tertiary/aromatic N) is 3. The van der Waals surface area contributed by atoms with Gasteiger partial charge in [-0.05, 0) is 12.1 Å². The third-order valence-electron chi connectivity index (χ3n) is 6.46. The molecular weight excluding hydrogens is 394 g/mol. The van der Waals surface area contributed by atoms with Crippen LogP contribution in [0.15, 0.2) is 88.5 Å². The molecule has 0 radical (unpaired) electrons. The van der Waals surface area contributed by atoms with Crippen LogP contribution in [0.3, 0.4) is 0 Å². The first-order chi connectivity index (χ1) is 15.1. The van der Waals surface area contributed by atoms with Crippen molar-refractivity contribution >= 4 is 0 Å². The van der Waals surface area contributed by atoms with Crippen LogP contribution in [0.4, 0.5) is 0 Å². The molecule has 0 atom stereocenters. The van der Waals surface area contributed by atoms with Gasteiger partial charge in [-0.25, -0.2) is 14.2 Å². The van der Waals surface area contributed by atoms with Crippen LogP contribution in [0.5, 0.6) is 0 Å². The van der Waals surface area contributed by atoms with Crippen LogP contribution in [0.25, 0.3) is 5.69 Å². The van der Waals surface area contributed by atoms with Crippen LogP contribution < -0.4 is 11.4 Å². The smallest absolute Gasteiger partial charge is 0.349 e. The van der Waals surface area contributed by atoms with E-state index in [0.717, 1.165) is 22.3 Å². The van der Waals surface area contributed by atoms with Crippen molar-refractivity contribution in [3.05, 3.63) is 122 Å². The van der Waals surface area contributed by atoms with Gasteiger partial charge in [-0.15, -0.1) is 0 Å². The molecule has 4 aromatic rings. The van der Waals surface area contributed by atoms with Crippen molar-refractivity contribution in [2.45, 2.75) is 11.4 Å². The van der Waals surface area contributed by atoms with Gasteiger partial charge in [0.2, 0.25) is 11.4 Å². The van der Waals surface area contributed by atoms with Crippen LogP contribution >= 0.6 is 0 Å². The molecule has 0 amide bonds. The van der Waals surface area contributed by atoms with Crippen molar-refractivity contribution < 1.29 is 9.47 Å². The summed E-state index contributed by atoms with van der Waals surface area (Å²) in [5.74, 6) is 0. The highest BCUT2D eigenvalue weighted by molar-refractivity contribution is 5.59. The highest BCUT2D eigenvalue weighted by Crippen LogP contribution is 2.55. The zero-order chi connectivity index (χ0) is 21.4. The van der Waals surface area contributed by atoms with Crippen LogP contribution in [-0.4, -0.2) is 28.2 Å². The number of ether oxygens (including phenoxy) is 2. The highest BCUT2D eigenvalue weighted by atomic mass is 16.5. The van der Waals surface area contributed by atoms with Gasteiger partial charge in [0, 0.05) is 36.5 Å². The number of hydrogen-bond donors (Lipinski definition) is 0. The first-order valence-electron chi connectivity index (χ1n) is 9.96. The molecule has 0 N–H and O–H groups in total. The Bertz CT molecular complexity index is 1330. The maximum atomic E-state index is 13.8.